The molecule has 1 N–H and O–H groups in total. The number of pyridine rings is 1. The summed E-state index contributed by atoms with van der Waals surface area (Å²) in [6.45, 7) is 1.54. The van der Waals surface area contributed by atoms with Gasteiger partial charge in [-0.05, 0) is 30.5 Å². The highest BCUT2D eigenvalue weighted by Gasteiger charge is 2.27. The molecule has 1 amide bonds. The van der Waals surface area contributed by atoms with Gasteiger partial charge in [0.25, 0.3) is 0 Å². The van der Waals surface area contributed by atoms with Gasteiger partial charge in [0, 0.05) is 42.7 Å². The van der Waals surface area contributed by atoms with Crippen molar-refractivity contribution in [2.24, 2.45) is 0 Å². The summed E-state index contributed by atoms with van der Waals surface area (Å²) in [6.07, 6.45) is 7.95. The van der Waals surface area contributed by atoms with Gasteiger partial charge in [-0.15, -0.1) is 0 Å². The van der Waals surface area contributed by atoms with E-state index in [0.717, 1.165) is 37.3 Å². The zero-order valence-electron chi connectivity index (χ0n) is 16.2. The predicted molar refractivity (Wildman–Crippen MR) is 111 cm³/mol. The fourth-order valence-electron chi connectivity index (χ4n) is 4.26. The number of fused-ring (bicyclic) bond motifs is 1. The van der Waals surface area contributed by atoms with E-state index in [4.69, 9.17) is 0 Å². The monoisotopic (exact) mass is 385 g/mol. The quantitative estimate of drug-likeness (QED) is 0.583. The van der Waals surface area contributed by atoms with Gasteiger partial charge in [-0.2, -0.15) is 5.10 Å². The molecule has 6 heteroatoms. The van der Waals surface area contributed by atoms with Gasteiger partial charge in [0.2, 0.25) is 5.91 Å². The number of nitrogens with one attached hydrogen (secondary N) is 1. The molecule has 4 aromatic rings. The minimum absolute atomic E-state index is 0.169. The van der Waals surface area contributed by atoms with E-state index < -0.39 is 0 Å². The highest BCUT2D eigenvalue weighted by molar-refractivity contribution is 5.78. The van der Waals surface area contributed by atoms with Gasteiger partial charge in [-0.25, -0.2) is 4.98 Å². The molecule has 1 aliphatic heterocycles. The number of likely N-dealkylation sites (tertiary alicyclic amines) is 1. The summed E-state index contributed by atoms with van der Waals surface area (Å²) in [5.41, 5.74) is 5.35. The number of aromatic amines is 1. The number of piperidine rings is 1. The lowest BCUT2D eigenvalue weighted by Crippen LogP contribution is -2.39. The zero-order chi connectivity index (χ0) is 19.6. The van der Waals surface area contributed by atoms with Crippen molar-refractivity contribution in [2.45, 2.75) is 25.2 Å². The highest BCUT2D eigenvalue weighted by atomic mass is 16.2. The third-order valence-electron chi connectivity index (χ3n) is 5.84. The van der Waals surface area contributed by atoms with E-state index in [2.05, 4.69) is 27.3 Å². The molecule has 0 spiro atoms. The van der Waals surface area contributed by atoms with Crippen LogP contribution in [0.25, 0.3) is 16.8 Å². The van der Waals surface area contributed by atoms with Gasteiger partial charge < -0.3 is 9.30 Å². The lowest BCUT2D eigenvalue weighted by molar-refractivity contribution is -0.131. The topological polar surface area (TPSA) is 66.3 Å². The van der Waals surface area contributed by atoms with Crippen LogP contribution in [0.4, 0.5) is 0 Å². The van der Waals surface area contributed by atoms with E-state index in [-0.39, 0.29) is 5.91 Å². The van der Waals surface area contributed by atoms with Crippen LogP contribution in [0.1, 0.15) is 30.1 Å². The van der Waals surface area contributed by atoms with Crippen molar-refractivity contribution < 1.29 is 4.79 Å². The second kappa shape index (κ2) is 7.54. The number of carbonyl (C=O) groups excluding carboxylic acids is 1. The summed E-state index contributed by atoms with van der Waals surface area (Å²) < 4.78 is 1.99. The first-order chi connectivity index (χ1) is 14.3. The Morgan fingerprint density at radius 2 is 1.83 bits per heavy atom. The normalized spacial score (nSPS) is 15.1. The number of amides is 1. The molecule has 0 aliphatic carbocycles. The summed E-state index contributed by atoms with van der Waals surface area (Å²) in [5, 5.41) is 7.50. The molecule has 6 nitrogen and oxygen atoms in total. The standard InChI is InChI=1S/C23H23N5O/c29-22(14-19-15-24-21-8-4-5-11-28(19)21)27-12-9-18(10-13-27)23-20(16-25-26-23)17-6-2-1-3-7-17/h1-8,11,15-16,18H,9-10,12-14H2,(H,25,26). The van der Waals surface area contributed by atoms with E-state index in [1.807, 2.05) is 58.1 Å². The van der Waals surface area contributed by atoms with E-state index in [0.29, 0.717) is 12.3 Å². The number of nitrogens with zero attached hydrogens (tertiary/aromatic N) is 4. The Morgan fingerprint density at radius 1 is 1.03 bits per heavy atom. The van der Waals surface area contributed by atoms with Crippen molar-refractivity contribution in [2.75, 3.05) is 13.1 Å². The molecule has 1 saturated heterocycles. The molecule has 0 saturated carbocycles. The summed E-state index contributed by atoms with van der Waals surface area (Å²) in [5.74, 6) is 0.564. The van der Waals surface area contributed by atoms with Crippen LogP contribution < -0.4 is 0 Å². The third kappa shape index (κ3) is 3.42. The molecule has 1 aromatic carbocycles. The van der Waals surface area contributed by atoms with E-state index >= 15 is 0 Å². The predicted octanol–water partition coefficient (Wildman–Crippen LogP) is 3.67. The van der Waals surface area contributed by atoms with Gasteiger partial charge in [0.15, 0.2) is 0 Å². The summed E-state index contributed by atoms with van der Waals surface area (Å²) in [6, 6.07) is 16.2. The van der Waals surface area contributed by atoms with Gasteiger partial charge in [0.1, 0.15) is 5.65 Å². The maximum Gasteiger partial charge on any atom is 0.228 e. The minimum atomic E-state index is 0.169. The van der Waals surface area contributed by atoms with E-state index in [1.54, 1.807) is 6.20 Å². The molecule has 0 atom stereocenters. The maximum absolute atomic E-state index is 12.9. The molecule has 1 aliphatic rings. The van der Waals surface area contributed by atoms with Gasteiger partial charge in [0.05, 0.1) is 18.3 Å². The average Bonchev–Trinajstić information content (AvgIpc) is 3.42. The number of rotatable bonds is 4. The summed E-state index contributed by atoms with van der Waals surface area (Å²) >= 11 is 0. The van der Waals surface area contributed by atoms with Crippen LogP contribution in [0.2, 0.25) is 0 Å². The number of H-pyrrole nitrogens is 1. The Bertz CT molecular complexity index is 1120. The molecular formula is C23H23N5O. The smallest absolute Gasteiger partial charge is 0.228 e. The van der Waals surface area contributed by atoms with Crippen LogP contribution in [-0.2, 0) is 11.2 Å². The lowest BCUT2D eigenvalue weighted by atomic mass is 9.89. The summed E-state index contributed by atoms with van der Waals surface area (Å²) in [4.78, 5) is 19.2. The van der Waals surface area contributed by atoms with Gasteiger partial charge in [-0.3, -0.25) is 9.89 Å². The molecule has 0 bridgehead atoms. The van der Waals surface area contributed by atoms with Crippen molar-refractivity contribution in [1.82, 2.24) is 24.5 Å². The molecule has 146 valence electrons. The Morgan fingerprint density at radius 3 is 2.66 bits per heavy atom. The number of carbonyl (C=O) groups is 1. The first kappa shape index (κ1) is 17.7. The van der Waals surface area contributed by atoms with Crippen molar-refractivity contribution in [1.29, 1.82) is 0 Å². The van der Waals surface area contributed by atoms with Gasteiger partial charge in [-0.1, -0.05) is 36.4 Å². The van der Waals surface area contributed by atoms with Crippen molar-refractivity contribution in [3.8, 4) is 11.1 Å². The Balaban J connectivity index is 1.25. The maximum atomic E-state index is 12.9. The number of hydrogen-bond donors (Lipinski definition) is 1. The number of benzene rings is 1. The first-order valence-electron chi connectivity index (χ1n) is 10.1. The third-order valence-corrected chi connectivity index (χ3v) is 5.84. The van der Waals surface area contributed by atoms with Crippen LogP contribution >= 0.6 is 0 Å². The second-order valence-corrected chi connectivity index (χ2v) is 7.57. The largest absolute Gasteiger partial charge is 0.342 e. The van der Waals surface area contributed by atoms with Gasteiger partial charge >= 0.3 is 0 Å². The second-order valence-electron chi connectivity index (χ2n) is 7.57. The van der Waals surface area contributed by atoms with Crippen molar-refractivity contribution in [3.05, 3.63) is 78.5 Å². The first-order valence-corrected chi connectivity index (χ1v) is 10.1. The number of imidazole rings is 1. The van der Waals surface area contributed by atoms with Crippen molar-refractivity contribution in [3.63, 3.8) is 0 Å². The SMILES string of the molecule is O=C(Cc1cnc2ccccn12)N1CCC(c2[nH]ncc2-c2ccccc2)CC1. The van der Waals surface area contributed by atoms with E-state index in [9.17, 15) is 4.79 Å². The van der Waals surface area contributed by atoms with Crippen LogP contribution in [0.5, 0.6) is 0 Å². The average molecular weight is 385 g/mol. The molecule has 5 rings (SSSR count). The fraction of sp³-hybridized carbons (Fsp3) is 0.261. The van der Waals surface area contributed by atoms with Crippen LogP contribution in [0.3, 0.4) is 0 Å². The Hall–Kier alpha value is -3.41. The highest BCUT2D eigenvalue weighted by Crippen LogP contribution is 2.33. The number of hydrogen-bond acceptors (Lipinski definition) is 3. The zero-order valence-corrected chi connectivity index (χ0v) is 16.2. The van der Waals surface area contributed by atoms with Crippen molar-refractivity contribution >= 4 is 11.6 Å². The molecule has 4 heterocycles. The van der Waals surface area contributed by atoms with E-state index in [1.165, 1.54) is 16.8 Å². The molecular weight excluding hydrogens is 362 g/mol. The minimum Gasteiger partial charge on any atom is -0.342 e. The summed E-state index contributed by atoms with van der Waals surface area (Å²) in [7, 11) is 0. The fourth-order valence-corrected chi connectivity index (χ4v) is 4.26. The number of aromatic nitrogens is 4. The van der Waals surface area contributed by atoms with Crippen LogP contribution in [0, 0.1) is 0 Å². The van der Waals surface area contributed by atoms with Crippen LogP contribution in [0.15, 0.2) is 67.1 Å². The van der Waals surface area contributed by atoms with Crippen LogP contribution in [-0.4, -0.2) is 43.5 Å². The molecule has 0 unspecified atom stereocenters. The molecule has 0 radical (unpaired) electrons. The Labute approximate surface area is 169 Å². The molecule has 1 fully saturated rings. The Kier molecular flexibility index (Phi) is 4.60. The molecule has 29 heavy (non-hydrogen) atoms. The molecule has 3 aromatic heterocycles. The lowest BCUT2D eigenvalue weighted by Gasteiger charge is -2.32.